The summed E-state index contributed by atoms with van der Waals surface area (Å²) in [5, 5.41) is 12.3. The number of para-hydroxylation sites is 3. The minimum absolute atomic E-state index is 0.330. The van der Waals surface area contributed by atoms with Crippen LogP contribution in [0.2, 0.25) is 0 Å². The molecular weight excluding hydrogens is 334 g/mol. The van der Waals surface area contributed by atoms with Crippen LogP contribution in [0, 0.1) is 11.8 Å². The third-order valence-electron chi connectivity index (χ3n) is 4.98. The third-order valence-corrected chi connectivity index (χ3v) is 4.98. The molecule has 4 rings (SSSR count). The summed E-state index contributed by atoms with van der Waals surface area (Å²) in [6.45, 7) is 0. The highest BCUT2D eigenvalue weighted by molar-refractivity contribution is 5.97. The summed E-state index contributed by atoms with van der Waals surface area (Å²) >= 11 is 0. The van der Waals surface area contributed by atoms with Gasteiger partial charge in [-0.25, -0.2) is 0 Å². The number of carbonyl (C=O) groups excluding carboxylic acids is 1. The zero-order valence-electron chi connectivity index (χ0n) is 14.0. The van der Waals surface area contributed by atoms with Crippen LogP contribution in [0.25, 0.3) is 0 Å². The van der Waals surface area contributed by atoms with Gasteiger partial charge in [-0.2, -0.15) is 0 Å². The third kappa shape index (κ3) is 3.04. The molecule has 0 radical (unpaired) electrons. The van der Waals surface area contributed by atoms with Crippen LogP contribution in [0.5, 0.6) is 11.5 Å². The molecule has 2 aliphatic heterocycles. The van der Waals surface area contributed by atoms with Gasteiger partial charge in [-0.1, -0.05) is 30.3 Å². The molecule has 0 saturated carbocycles. The number of benzene rings is 2. The predicted molar refractivity (Wildman–Crippen MR) is 94.1 cm³/mol. The lowest BCUT2D eigenvalue weighted by Gasteiger charge is -2.24. The number of nitrogens with one attached hydrogen (secondary N) is 1. The molecule has 1 amide bonds. The minimum atomic E-state index is -0.980. The number of hydrogen-bond acceptors (Lipinski definition) is 4. The summed E-state index contributed by atoms with van der Waals surface area (Å²) in [4.78, 5) is 24.4. The van der Waals surface area contributed by atoms with E-state index < -0.39 is 17.8 Å². The van der Waals surface area contributed by atoms with Gasteiger partial charge in [0.1, 0.15) is 5.75 Å². The molecule has 26 heavy (non-hydrogen) atoms. The van der Waals surface area contributed by atoms with Crippen LogP contribution in [0.1, 0.15) is 12.8 Å². The molecule has 6 nitrogen and oxygen atoms in total. The molecule has 2 aromatic carbocycles. The molecule has 2 saturated heterocycles. The zero-order valence-corrected chi connectivity index (χ0v) is 14.0. The van der Waals surface area contributed by atoms with E-state index >= 15 is 0 Å². The van der Waals surface area contributed by atoms with Crippen LogP contribution in [-0.4, -0.2) is 29.2 Å². The number of ether oxygens (including phenoxy) is 2. The Bertz CT molecular complexity index is 822. The van der Waals surface area contributed by atoms with Crippen molar-refractivity contribution in [2.45, 2.75) is 25.0 Å². The maximum atomic E-state index is 12.8. The van der Waals surface area contributed by atoms with E-state index in [2.05, 4.69) is 5.32 Å². The number of carbonyl (C=O) groups is 2. The van der Waals surface area contributed by atoms with Crippen LogP contribution in [0.15, 0.2) is 54.6 Å². The van der Waals surface area contributed by atoms with E-state index in [-0.39, 0.29) is 18.1 Å². The Labute approximate surface area is 150 Å². The molecule has 2 N–H and O–H groups in total. The number of fused-ring (bicyclic) bond motifs is 2. The minimum Gasteiger partial charge on any atom is -0.481 e. The van der Waals surface area contributed by atoms with Crippen molar-refractivity contribution in [1.29, 1.82) is 0 Å². The standard InChI is InChI=1S/C20H19NO5/c22-19(17-15-10-11-16(26-15)18(17)20(23)24)21-13-8-4-5-9-14(13)25-12-6-2-1-3-7-12/h1-9,15-18H,10-11H2,(H,21,22)(H,23,24)/t15-,16-,17-,18-/m0/s1. The van der Waals surface area contributed by atoms with Gasteiger partial charge in [0.2, 0.25) is 5.91 Å². The van der Waals surface area contributed by atoms with E-state index in [9.17, 15) is 14.7 Å². The normalized spacial score (nSPS) is 26.5. The van der Waals surface area contributed by atoms with Crippen LogP contribution in [0.3, 0.4) is 0 Å². The highest BCUT2D eigenvalue weighted by Gasteiger charge is 2.55. The highest BCUT2D eigenvalue weighted by atomic mass is 16.5. The number of carboxylic acid groups (broad SMARTS) is 1. The number of hydrogen-bond donors (Lipinski definition) is 2. The first-order valence-corrected chi connectivity index (χ1v) is 8.64. The van der Waals surface area contributed by atoms with Crippen molar-refractivity contribution in [3.05, 3.63) is 54.6 Å². The highest BCUT2D eigenvalue weighted by Crippen LogP contribution is 2.44. The second-order valence-corrected chi connectivity index (χ2v) is 6.58. The summed E-state index contributed by atoms with van der Waals surface area (Å²) in [5.41, 5.74) is 0.508. The van der Waals surface area contributed by atoms with Crippen LogP contribution < -0.4 is 10.1 Å². The first kappa shape index (κ1) is 16.6. The Kier molecular flexibility index (Phi) is 4.34. The topological polar surface area (TPSA) is 84.9 Å². The maximum absolute atomic E-state index is 12.8. The van der Waals surface area contributed by atoms with Gasteiger partial charge in [0.25, 0.3) is 0 Å². The Hall–Kier alpha value is -2.86. The molecule has 0 spiro atoms. The molecule has 0 aromatic heterocycles. The van der Waals surface area contributed by atoms with E-state index in [1.807, 2.05) is 36.4 Å². The van der Waals surface area contributed by atoms with Gasteiger partial charge in [-0.3, -0.25) is 9.59 Å². The van der Waals surface area contributed by atoms with Gasteiger partial charge in [-0.15, -0.1) is 0 Å². The van der Waals surface area contributed by atoms with Gasteiger partial charge in [0, 0.05) is 0 Å². The Morgan fingerprint density at radius 2 is 1.62 bits per heavy atom. The van der Waals surface area contributed by atoms with Crippen LogP contribution in [-0.2, 0) is 14.3 Å². The first-order chi connectivity index (χ1) is 12.6. The maximum Gasteiger partial charge on any atom is 0.310 e. The summed E-state index contributed by atoms with van der Waals surface area (Å²) in [5.74, 6) is -1.64. The molecule has 2 heterocycles. The molecule has 6 heteroatoms. The Morgan fingerprint density at radius 3 is 2.35 bits per heavy atom. The van der Waals surface area contributed by atoms with Crippen molar-refractivity contribution in [2.24, 2.45) is 11.8 Å². The molecule has 2 aromatic rings. The SMILES string of the molecule is O=C(O)[C@@H]1[C@@H](C(=O)Nc2ccccc2Oc2ccccc2)[C@@H]2CC[C@@H]1O2. The van der Waals surface area contributed by atoms with Crippen molar-refractivity contribution < 1.29 is 24.2 Å². The summed E-state index contributed by atoms with van der Waals surface area (Å²) in [6, 6.07) is 16.4. The van der Waals surface area contributed by atoms with Crippen molar-refractivity contribution in [3.8, 4) is 11.5 Å². The second kappa shape index (κ2) is 6.80. The van der Waals surface area contributed by atoms with Crippen LogP contribution >= 0.6 is 0 Å². The van der Waals surface area contributed by atoms with E-state index in [0.717, 1.165) is 0 Å². The number of aliphatic carboxylic acids is 1. The quantitative estimate of drug-likeness (QED) is 0.861. The van der Waals surface area contributed by atoms with Crippen molar-refractivity contribution in [2.75, 3.05) is 5.32 Å². The summed E-state index contributed by atoms with van der Waals surface area (Å²) < 4.78 is 11.5. The molecule has 2 bridgehead atoms. The number of carboxylic acids is 1. The van der Waals surface area contributed by atoms with Gasteiger partial charge in [0.15, 0.2) is 5.75 Å². The summed E-state index contributed by atoms with van der Waals surface area (Å²) in [7, 11) is 0. The number of anilines is 1. The van der Waals surface area contributed by atoms with E-state index in [1.54, 1.807) is 18.2 Å². The molecular formula is C20H19NO5. The average molecular weight is 353 g/mol. The first-order valence-electron chi connectivity index (χ1n) is 8.64. The molecule has 0 unspecified atom stereocenters. The lowest BCUT2D eigenvalue weighted by Crippen LogP contribution is -2.40. The van der Waals surface area contributed by atoms with E-state index in [1.165, 1.54) is 0 Å². The lowest BCUT2D eigenvalue weighted by molar-refractivity contribution is -0.147. The average Bonchev–Trinajstić information content (AvgIpc) is 3.25. The van der Waals surface area contributed by atoms with Crippen LogP contribution in [0.4, 0.5) is 5.69 Å². The fourth-order valence-corrected chi connectivity index (χ4v) is 3.82. The van der Waals surface area contributed by atoms with Gasteiger partial charge < -0.3 is 19.9 Å². The fourth-order valence-electron chi connectivity index (χ4n) is 3.82. The van der Waals surface area contributed by atoms with Crippen molar-refractivity contribution >= 4 is 17.6 Å². The fraction of sp³-hybridized carbons (Fsp3) is 0.300. The molecule has 2 aliphatic rings. The number of amides is 1. The largest absolute Gasteiger partial charge is 0.481 e. The van der Waals surface area contributed by atoms with Gasteiger partial charge >= 0.3 is 5.97 Å². The Balaban J connectivity index is 1.54. The van der Waals surface area contributed by atoms with E-state index in [4.69, 9.17) is 9.47 Å². The zero-order chi connectivity index (χ0) is 18.1. The molecule has 0 aliphatic carbocycles. The van der Waals surface area contributed by atoms with Crippen molar-refractivity contribution in [1.82, 2.24) is 0 Å². The predicted octanol–water partition coefficient (Wildman–Crippen LogP) is 3.30. The van der Waals surface area contributed by atoms with Crippen molar-refractivity contribution in [3.63, 3.8) is 0 Å². The molecule has 2 fully saturated rings. The number of rotatable bonds is 5. The van der Waals surface area contributed by atoms with E-state index in [0.29, 0.717) is 30.0 Å². The summed E-state index contributed by atoms with van der Waals surface area (Å²) in [6.07, 6.45) is 0.709. The van der Waals surface area contributed by atoms with Gasteiger partial charge in [0.05, 0.1) is 29.7 Å². The Morgan fingerprint density at radius 1 is 0.962 bits per heavy atom. The monoisotopic (exact) mass is 353 g/mol. The smallest absolute Gasteiger partial charge is 0.310 e. The van der Waals surface area contributed by atoms with Gasteiger partial charge in [-0.05, 0) is 37.1 Å². The molecule has 4 atom stereocenters. The lowest BCUT2D eigenvalue weighted by atomic mass is 9.78. The second-order valence-electron chi connectivity index (χ2n) is 6.58. The molecule has 134 valence electrons.